The Morgan fingerprint density at radius 2 is 2.04 bits per heavy atom. The first kappa shape index (κ1) is 15.7. The van der Waals surface area contributed by atoms with E-state index in [1.165, 1.54) is 5.39 Å². The number of hydrogen-bond donors (Lipinski definition) is 2. The number of nitrogens with one attached hydrogen (secondary N) is 1. The molecule has 1 amide bonds. The second-order valence-electron chi connectivity index (χ2n) is 6.18. The third-order valence-corrected chi connectivity index (χ3v) is 4.61. The summed E-state index contributed by atoms with van der Waals surface area (Å²) in [5.74, 6) is 0.883. The highest BCUT2D eigenvalue weighted by Gasteiger charge is 2.22. The van der Waals surface area contributed by atoms with Crippen molar-refractivity contribution in [2.24, 2.45) is 11.7 Å². The van der Waals surface area contributed by atoms with Crippen molar-refractivity contribution in [2.75, 3.05) is 31.5 Å². The number of anilines is 1. The molecule has 0 spiro atoms. The lowest BCUT2D eigenvalue weighted by atomic mass is 9.96. The molecule has 0 atom stereocenters. The number of aromatic nitrogens is 1. The quantitative estimate of drug-likeness (QED) is 0.803. The molecule has 0 unspecified atom stereocenters. The highest BCUT2D eigenvalue weighted by molar-refractivity contribution is 5.91. The van der Waals surface area contributed by atoms with E-state index < -0.39 is 0 Å². The van der Waals surface area contributed by atoms with E-state index in [2.05, 4.69) is 27.3 Å². The molecule has 1 saturated heterocycles. The zero-order valence-electron chi connectivity index (χ0n) is 13.4. The second-order valence-corrected chi connectivity index (χ2v) is 6.18. The molecular weight excluding hydrogens is 288 g/mol. The van der Waals surface area contributed by atoms with Gasteiger partial charge in [0.15, 0.2) is 0 Å². The number of piperidine rings is 1. The maximum absolute atomic E-state index is 11.2. The fraction of sp³-hybridized carbons (Fsp3) is 0.444. The SMILES string of the molecule is NC(=O)C1CCN(CCCNc2nccc3ccccc23)CC1. The van der Waals surface area contributed by atoms with Gasteiger partial charge in [0, 0.05) is 24.0 Å². The molecule has 1 aliphatic heterocycles. The van der Waals surface area contributed by atoms with E-state index in [0.717, 1.165) is 56.6 Å². The number of amides is 1. The summed E-state index contributed by atoms with van der Waals surface area (Å²) in [6.07, 6.45) is 4.70. The number of nitrogens with zero attached hydrogens (tertiary/aromatic N) is 2. The molecule has 0 saturated carbocycles. The fourth-order valence-corrected chi connectivity index (χ4v) is 3.21. The maximum atomic E-state index is 11.2. The number of nitrogens with two attached hydrogens (primary N) is 1. The van der Waals surface area contributed by atoms with E-state index >= 15 is 0 Å². The van der Waals surface area contributed by atoms with Crippen LogP contribution in [0.5, 0.6) is 0 Å². The van der Waals surface area contributed by atoms with E-state index in [-0.39, 0.29) is 11.8 Å². The largest absolute Gasteiger partial charge is 0.370 e. The first-order valence-corrected chi connectivity index (χ1v) is 8.33. The van der Waals surface area contributed by atoms with Crippen LogP contribution in [-0.2, 0) is 4.79 Å². The minimum Gasteiger partial charge on any atom is -0.370 e. The third-order valence-electron chi connectivity index (χ3n) is 4.61. The van der Waals surface area contributed by atoms with Crippen LogP contribution in [0, 0.1) is 5.92 Å². The highest BCUT2D eigenvalue weighted by atomic mass is 16.1. The first-order chi connectivity index (χ1) is 11.2. The van der Waals surface area contributed by atoms with Crippen molar-refractivity contribution >= 4 is 22.5 Å². The number of benzene rings is 1. The van der Waals surface area contributed by atoms with Crippen molar-refractivity contribution in [1.82, 2.24) is 9.88 Å². The Morgan fingerprint density at radius 1 is 1.26 bits per heavy atom. The Morgan fingerprint density at radius 3 is 2.83 bits per heavy atom. The lowest BCUT2D eigenvalue weighted by Gasteiger charge is -2.30. The Labute approximate surface area is 136 Å². The lowest BCUT2D eigenvalue weighted by Crippen LogP contribution is -2.39. The van der Waals surface area contributed by atoms with Crippen LogP contribution < -0.4 is 11.1 Å². The zero-order chi connectivity index (χ0) is 16.1. The van der Waals surface area contributed by atoms with Crippen LogP contribution in [0.25, 0.3) is 10.8 Å². The number of carbonyl (C=O) groups excluding carboxylic acids is 1. The van der Waals surface area contributed by atoms with Gasteiger partial charge in [-0.3, -0.25) is 4.79 Å². The third kappa shape index (κ3) is 3.99. The van der Waals surface area contributed by atoms with E-state index in [0.29, 0.717) is 0 Å². The van der Waals surface area contributed by atoms with Crippen molar-refractivity contribution in [3.63, 3.8) is 0 Å². The van der Waals surface area contributed by atoms with Gasteiger partial charge in [0.2, 0.25) is 5.91 Å². The van der Waals surface area contributed by atoms with Gasteiger partial charge in [0.1, 0.15) is 5.82 Å². The van der Waals surface area contributed by atoms with Crippen LogP contribution in [-0.4, -0.2) is 42.0 Å². The molecule has 0 aliphatic carbocycles. The first-order valence-electron chi connectivity index (χ1n) is 8.33. The number of rotatable bonds is 6. The summed E-state index contributed by atoms with van der Waals surface area (Å²) in [5.41, 5.74) is 5.37. The maximum Gasteiger partial charge on any atom is 0.220 e. The normalized spacial score (nSPS) is 16.5. The highest BCUT2D eigenvalue weighted by Crippen LogP contribution is 2.20. The smallest absolute Gasteiger partial charge is 0.220 e. The van der Waals surface area contributed by atoms with Crippen LogP contribution in [0.3, 0.4) is 0 Å². The number of carbonyl (C=O) groups is 1. The molecule has 23 heavy (non-hydrogen) atoms. The molecule has 1 fully saturated rings. The zero-order valence-corrected chi connectivity index (χ0v) is 13.4. The van der Waals surface area contributed by atoms with Gasteiger partial charge in [0.25, 0.3) is 0 Å². The van der Waals surface area contributed by atoms with E-state index in [1.54, 1.807) is 0 Å². The van der Waals surface area contributed by atoms with Crippen molar-refractivity contribution in [3.05, 3.63) is 36.5 Å². The van der Waals surface area contributed by atoms with Crippen LogP contribution in [0.1, 0.15) is 19.3 Å². The summed E-state index contributed by atoms with van der Waals surface area (Å²) in [4.78, 5) is 18.0. The molecular formula is C18H24N4O. The number of hydrogen-bond acceptors (Lipinski definition) is 4. The molecule has 0 bridgehead atoms. The summed E-state index contributed by atoms with van der Waals surface area (Å²) in [7, 11) is 0. The molecule has 122 valence electrons. The molecule has 5 nitrogen and oxygen atoms in total. The molecule has 1 aromatic carbocycles. The summed E-state index contributed by atoms with van der Waals surface area (Å²) in [5, 5.41) is 5.81. The number of primary amides is 1. The molecule has 1 aromatic heterocycles. The van der Waals surface area contributed by atoms with Gasteiger partial charge < -0.3 is 16.0 Å². The van der Waals surface area contributed by atoms with Crippen LogP contribution >= 0.6 is 0 Å². The average molecular weight is 312 g/mol. The van der Waals surface area contributed by atoms with Crippen LogP contribution in [0.2, 0.25) is 0 Å². The summed E-state index contributed by atoms with van der Waals surface area (Å²) in [6.45, 7) is 3.89. The Bertz CT molecular complexity index is 660. The van der Waals surface area contributed by atoms with Crippen molar-refractivity contribution in [1.29, 1.82) is 0 Å². The Hall–Kier alpha value is -2.14. The van der Waals surface area contributed by atoms with Crippen molar-refractivity contribution in [2.45, 2.75) is 19.3 Å². The van der Waals surface area contributed by atoms with Gasteiger partial charge in [-0.2, -0.15) is 0 Å². The van der Waals surface area contributed by atoms with Gasteiger partial charge in [-0.15, -0.1) is 0 Å². The lowest BCUT2D eigenvalue weighted by molar-refractivity contribution is -0.123. The molecule has 5 heteroatoms. The van der Waals surface area contributed by atoms with Crippen LogP contribution in [0.4, 0.5) is 5.82 Å². The van der Waals surface area contributed by atoms with E-state index in [4.69, 9.17) is 5.73 Å². The number of likely N-dealkylation sites (tertiary alicyclic amines) is 1. The van der Waals surface area contributed by atoms with E-state index in [9.17, 15) is 4.79 Å². The van der Waals surface area contributed by atoms with Crippen LogP contribution in [0.15, 0.2) is 36.5 Å². The molecule has 3 N–H and O–H groups in total. The van der Waals surface area contributed by atoms with Gasteiger partial charge >= 0.3 is 0 Å². The predicted molar refractivity (Wildman–Crippen MR) is 93.2 cm³/mol. The van der Waals surface area contributed by atoms with Gasteiger partial charge in [-0.1, -0.05) is 24.3 Å². The van der Waals surface area contributed by atoms with Gasteiger partial charge in [-0.25, -0.2) is 4.98 Å². The molecule has 3 rings (SSSR count). The summed E-state index contributed by atoms with van der Waals surface area (Å²) in [6, 6.07) is 10.3. The molecule has 2 heterocycles. The Balaban J connectivity index is 1.44. The molecule has 2 aromatic rings. The van der Waals surface area contributed by atoms with Crippen molar-refractivity contribution in [3.8, 4) is 0 Å². The Kier molecular flexibility index (Phi) is 5.08. The minimum atomic E-state index is -0.145. The van der Waals surface area contributed by atoms with Crippen molar-refractivity contribution < 1.29 is 4.79 Å². The number of pyridine rings is 1. The average Bonchev–Trinajstić information content (AvgIpc) is 2.59. The summed E-state index contributed by atoms with van der Waals surface area (Å²) >= 11 is 0. The minimum absolute atomic E-state index is 0.0734. The molecule has 0 radical (unpaired) electrons. The van der Waals surface area contributed by atoms with Gasteiger partial charge in [-0.05, 0) is 50.3 Å². The monoisotopic (exact) mass is 312 g/mol. The van der Waals surface area contributed by atoms with Gasteiger partial charge in [0.05, 0.1) is 0 Å². The van der Waals surface area contributed by atoms with E-state index in [1.807, 2.05) is 24.4 Å². The fourth-order valence-electron chi connectivity index (χ4n) is 3.21. The standard InChI is InChI=1S/C18H24N4O/c19-17(23)15-7-12-22(13-8-15)11-3-9-20-18-16-5-2-1-4-14(16)6-10-21-18/h1-2,4-6,10,15H,3,7-9,11-13H2,(H2,19,23)(H,20,21). The topological polar surface area (TPSA) is 71.2 Å². The number of fused-ring (bicyclic) bond motifs is 1. The predicted octanol–water partition coefficient (Wildman–Crippen LogP) is 2.23. The second kappa shape index (κ2) is 7.42. The summed E-state index contributed by atoms with van der Waals surface area (Å²) < 4.78 is 0. The molecule has 1 aliphatic rings.